The second-order valence-electron chi connectivity index (χ2n) is 4.96. The summed E-state index contributed by atoms with van der Waals surface area (Å²) in [6, 6.07) is 5.45. The lowest BCUT2D eigenvalue weighted by Crippen LogP contribution is -2.42. The van der Waals surface area contributed by atoms with Gasteiger partial charge < -0.3 is 15.0 Å². The van der Waals surface area contributed by atoms with Gasteiger partial charge in [0.15, 0.2) is 0 Å². The van der Waals surface area contributed by atoms with E-state index < -0.39 is 0 Å². The van der Waals surface area contributed by atoms with E-state index in [-0.39, 0.29) is 11.8 Å². The topological polar surface area (TPSA) is 58.6 Å². The highest BCUT2D eigenvalue weighted by atomic mass is 79.9. The van der Waals surface area contributed by atoms with Crippen molar-refractivity contribution in [2.75, 3.05) is 32.8 Å². The molecule has 1 aliphatic rings. The van der Waals surface area contributed by atoms with Gasteiger partial charge >= 0.3 is 0 Å². The largest absolute Gasteiger partial charge is 0.378 e. The molecule has 0 aliphatic carbocycles. The Morgan fingerprint density at radius 3 is 2.71 bits per heavy atom. The number of halogens is 1. The molecule has 1 fully saturated rings. The van der Waals surface area contributed by atoms with Crippen molar-refractivity contribution in [3.05, 3.63) is 33.8 Å². The zero-order chi connectivity index (χ0) is 15.2. The average Bonchev–Trinajstić information content (AvgIpc) is 2.50. The van der Waals surface area contributed by atoms with Gasteiger partial charge in [-0.1, -0.05) is 22.0 Å². The molecule has 0 spiro atoms. The number of morpholine rings is 1. The Hall–Kier alpha value is -1.40. The molecular formula is C15H19BrN2O3. The third-order valence-electron chi connectivity index (χ3n) is 3.42. The van der Waals surface area contributed by atoms with E-state index in [0.717, 1.165) is 10.0 Å². The van der Waals surface area contributed by atoms with Crippen molar-refractivity contribution in [1.82, 2.24) is 10.2 Å². The fraction of sp³-hybridized carbons (Fsp3) is 0.467. The van der Waals surface area contributed by atoms with Gasteiger partial charge in [-0.25, -0.2) is 0 Å². The van der Waals surface area contributed by atoms with Gasteiger partial charge in [-0.2, -0.15) is 0 Å². The summed E-state index contributed by atoms with van der Waals surface area (Å²) in [4.78, 5) is 25.7. The SMILES string of the molecule is Cc1ccc(C(=O)NCCC(=O)N2CCOCC2)cc1Br. The van der Waals surface area contributed by atoms with Crippen LogP contribution in [-0.2, 0) is 9.53 Å². The minimum Gasteiger partial charge on any atom is -0.378 e. The van der Waals surface area contributed by atoms with Crippen LogP contribution in [0.4, 0.5) is 0 Å². The molecule has 0 unspecified atom stereocenters. The molecule has 5 nitrogen and oxygen atoms in total. The first kappa shape index (κ1) is 16.0. The van der Waals surface area contributed by atoms with Gasteiger partial charge in [-0.3, -0.25) is 9.59 Å². The maximum absolute atomic E-state index is 12.0. The van der Waals surface area contributed by atoms with E-state index in [1.165, 1.54) is 0 Å². The van der Waals surface area contributed by atoms with Crippen LogP contribution < -0.4 is 5.32 Å². The fourth-order valence-corrected chi connectivity index (χ4v) is 2.47. The number of rotatable bonds is 4. The minimum atomic E-state index is -0.162. The smallest absolute Gasteiger partial charge is 0.251 e. The Balaban J connectivity index is 1.78. The fourth-order valence-electron chi connectivity index (χ4n) is 2.09. The van der Waals surface area contributed by atoms with E-state index in [9.17, 15) is 9.59 Å². The second-order valence-corrected chi connectivity index (χ2v) is 5.82. The normalized spacial score (nSPS) is 14.9. The van der Waals surface area contributed by atoms with Gasteiger partial charge in [0.2, 0.25) is 5.91 Å². The van der Waals surface area contributed by atoms with Crippen LogP contribution in [0.15, 0.2) is 22.7 Å². The van der Waals surface area contributed by atoms with Crippen molar-refractivity contribution >= 4 is 27.7 Å². The molecule has 1 aliphatic heterocycles. The van der Waals surface area contributed by atoms with Crippen molar-refractivity contribution in [3.8, 4) is 0 Å². The first-order chi connectivity index (χ1) is 10.1. The lowest BCUT2D eigenvalue weighted by Gasteiger charge is -2.26. The predicted octanol–water partition coefficient (Wildman–Crippen LogP) is 1.74. The van der Waals surface area contributed by atoms with Crippen molar-refractivity contribution in [2.24, 2.45) is 0 Å². The molecule has 0 radical (unpaired) electrons. The maximum atomic E-state index is 12.0. The van der Waals surface area contributed by atoms with E-state index in [2.05, 4.69) is 21.2 Å². The zero-order valence-electron chi connectivity index (χ0n) is 12.0. The summed E-state index contributed by atoms with van der Waals surface area (Å²) in [5, 5.41) is 2.78. The van der Waals surface area contributed by atoms with Crippen LogP contribution in [0, 0.1) is 6.92 Å². The van der Waals surface area contributed by atoms with Gasteiger partial charge in [-0.15, -0.1) is 0 Å². The quantitative estimate of drug-likeness (QED) is 0.895. The van der Waals surface area contributed by atoms with Crippen LogP contribution in [-0.4, -0.2) is 49.6 Å². The lowest BCUT2D eigenvalue weighted by atomic mass is 10.1. The molecule has 1 N–H and O–H groups in total. The van der Waals surface area contributed by atoms with Gasteiger partial charge in [0, 0.05) is 36.1 Å². The van der Waals surface area contributed by atoms with Gasteiger partial charge in [-0.05, 0) is 24.6 Å². The molecule has 21 heavy (non-hydrogen) atoms. The molecule has 2 amide bonds. The molecule has 1 aromatic carbocycles. The Morgan fingerprint density at radius 1 is 1.33 bits per heavy atom. The van der Waals surface area contributed by atoms with Crippen LogP contribution >= 0.6 is 15.9 Å². The predicted molar refractivity (Wildman–Crippen MR) is 83.2 cm³/mol. The number of hydrogen-bond donors (Lipinski definition) is 1. The van der Waals surface area contributed by atoms with Crippen LogP contribution in [0.2, 0.25) is 0 Å². The molecule has 1 saturated heterocycles. The third kappa shape index (κ3) is 4.54. The summed E-state index contributed by atoms with van der Waals surface area (Å²) in [6.45, 7) is 4.77. The maximum Gasteiger partial charge on any atom is 0.251 e. The molecule has 1 aromatic rings. The molecule has 0 aromatic heterocycles. The summed E-state index contributed by atoms with van der Waals surface area (Å²) in [5.41, 5.74) is 1.67. The summed E-state index contributed by atoms with van der Waals surface area (Å²) in [6.07, 6.45) is 0.318. The van der Waals surface area contributed by atoms with Gasteiger partial charge in [0.25, 0.3) is 5.91 Å². The Bertz CT molecular complexity index is 528. The number of aryl methyl sites for hydroxylation is 1. The molecule has 114 valence electrons. The highest BCUT2D eigenvalue weighted by Gasteiger charge is 2.16. The number of amides is 2. The van der Waals surface area contributed by atoms with E-state index in [1.54, 1.807) is 17.0 Å². The number of nitrogens with zero attached hydrogens (tertiary/aromatic N) is 1. The number of hydrogen-bond acceptors (Lipinski definition) is 3. The van der Waals surface area contributed by atoms with Crippen LogP contribution in [0.25, 0.3) is 0 Å². The third-order valence-corrected chi connectivity index (χ3v) is 4.28. The van der Waals surface area contributed by atoms with Crippen LogP contribution in [0.1, 0.15) is 22.3 Å². The van der Waals surface area contributed by atoms with E-state index in [0.29, 0.717) is 44.8 Å². The molecular weight excluding hydrogens is 336 g/mol. The minimum absolute atomic E-state index is 0.0590. The van der Waals surface area contributed by atoms with Crippen LogP contribution in [0.3, 0.4) is 0 Å². The molecule has 2 rings (SSSR count). The first-order valence-electron chi connectivity index (χ1n) is 6.98. The Labute approximate surface area is 132 Å². The number of carbonyl (C=O) groups is 2. The van der Waals surface area contributed by atoms with Crippen molar-refractivity contribution in [2.45, 2.75) is 13.3 Å². The molecule has 1 heterocycles. The van der Waals surface area contributed by atoms with Gasteiger partial charge in [0.05, 0.1) is 13.2 Å². The van der Waals surface area contributed by atoms with E-state index in [4.69, 9.17) is 4.74 Å². The monoisotopic (exact) mass is 354 g/mol. The lowest BCUT2D eigenvalue weighted by molar-refractivity contribution is -0.135. The van der Waals surface area contributed by atoms with E-state index >= 15 is 0 Å². The van der Waals surface area contributed by atoms with Crippen molar-refractivity contribution < 1.29 is 14.3 Å². The Morgan fingerprint density at radius 2 is 2.05 bits per heavy atom. The Kier molecular flexibility index (Phi) is 5.76. The number of ether oxygens (including phenoxy) is 1. The molecule has 0 bridgehead atoms. The summed E-state index contributed by atoms with van der Waals surface area (Å²) in [5.74, 6) is -0.103. The number of carbonyl (C=O) groups excluding carboxylic acids is 2. The standard InChI is InChI=1S/C15H19BrN2O3/c1-11-2-3-12(10-13(11)16)15(20)17-5-4-14(19)18-6-8-21-9-7-18/h2-3,10H,4-9H2,1H3,(H,17,20). The molecule has 0 atom stereocenters. The van der Waals surface area contributed by atoms with Crippen molar-refractivity contribution in [3.63, 3.8) is 0 Å². The van der Waals surface area contributed by atoms with E-state index in [1.807, 2.05) is 13.0 Å². The molecule has 0 saturated carbocycles. The summed E-state index contributed by atoms with van der Waals surface area (Å²) in [7, 11) is 0. The number of nitrogens with one attached hydrogen (secondary N) is 1. The summed E-state index contributed by atoms with van der Waals surface area (Å²) >= 11 is 3.41. The van der Waals surface area contributed by atoms with Gasteiger partial charge in [0.1, 0.15) is 0 Å². The number of benzene rings is 1. The first-order valence-corrected chi connectivity index (χ1v) is 7.77. The van der Waals surface area contributed by atoms with Crippen LogP contribution in [0.5, 0.6) is 0 Å². The zero-order valence-corrected chi connectivity index (χ0v) is 13.6. The summed E-state index contributed by atoms with van der Waals surface area (Å²) < 4.78 is 6.11. The van der Waals surface area contributed by atoms with Crippen molar-refractivity contribution in [1.29, 1.82) is 0 Å². The average molecular weight is 355 g/mol. The second kappa shape index (κ2) is 7.56. The highest BCUT2D eigenvalue weighted by molar-refractivity contribution is 9.10. The molecule has 6 heteroatoms. The highest BCUT2D eigenvalue weighted by Crippen LogP contribution is 2.17.